The van der Waals surface area contributed by atoms with Crippen LogP contribution in [0.5, 0.6) is 0 Å². The Bertz CT molecular complexity index is 643. The van der Waals surface area contributed by atoms with Crippen LogP contribution in [-0.2, 0) is 9.59 Å². The number of carboxylic acid groups (broad SMARTS) is 1. The number of anilines is 1. The fraction of sp³-hybridized carbons (Fsp3) is 0.438. The van der Waals surface area contributed by atoms with Gasteiger partial charge in [-0.15, -0.1) is 0 Å². The Balaban J connectivity index is 2.75. The monoisotopic (exact) mass is 340 g/mol. The Labute approximate surface area is 138 Å². The zero-order chi connectivity index (χ0) is 18.5. The predicted octanol–water partition coefficient (Wildman–Crippen LogP) is 1.38. The molecular weight excluding hydrogens is 319 g/mol. The molecule has 1 atom stereocenters. The van der Waals surface area contributed by atoms with Crippen LogP contribution in [0, 0.1) is 11.7 Å². The average Bonchev–Trinajstić information content (AvgIpc) is 2.46. The third-order valence-corrected chi connectivity index (χ3v) is 3.15. The van der Waals surface area contributed by atoms with E-state index in [2.05, 4.69) is 10.6 Å². The van der Waals surface area contributed by atoms with Crippen molar-refractivity contribution in [2.75, 3.05) is 11.9 Å². The number of aliphatic hydroxyl groups is 1. The van der Waals surface area contributed by atoms with Crippen molar-refractivity contribution < 1.29 is 29.0 Å². The molecule has 0 bridgehead atoms. The average molecular weight is 340 g/mol. The van der Waals surface area contributed by atoms with Crippen LogP contribution in [0.3, 0.4) is 0 Å². The SMILES string of the molecule is CC(C)CC(=O)Nc1ccc(C(=O)NCC(C)(O)C(=O)O)cc1F. The van der Waals surface area contributed by atoms with Crippen LogP contribution >= 0.6 is 0 Å². The highest BCUT2D eigenvalue weighted by atomic mass is 19.1. The summed E-state index contributed by atoms with van der Waals surface area (Å²) in [5, 5.41) is 22.9. The lowest BCUT2D eigenvalue weighted by molar-refractivity contribution is -0.155. The summed E-state index contributed by atoms with van der Waals surface area (Å²) in [7, 11) is 0. The van der Waals surface area contributed by atoms with E-state index in [1.54, 1.807) is 0 Å². The lowest BCUT2D eigenvalue weighted by Crippen LogP contribution is -2.46. The van der Waals surface area contributed by atoms with Gasteiger partial charge in [-0.1, -0.05) is 13.8 Å². The molecule has 0 saturated carbocycles. The number of carboxylic acids is 1. The minimum Gasteiger partial charge on any atom is -0.479 e. The first kappa shape index (κ1) is 19.6. The molecule has 0 saturated heterocycles. The molecule has 1 aromatic carbocycles. The summed E-state index contributed by atoms with van der Waals surface area (Å²) in [6, 6.07) is 3.46. The molecule has 0 aliphatic heterocycles. The standard InChI is InChI=1S/C16H21FN2O5/c1-9(2)6-13(20)19-12-5-4-10(7-11(12)17)14(21)18-8-16(3,24)15(22)23/h4-5,7,9,24H,6,8H2,1-3H3,(H,18,21)(H,19,20)(H,22,23). The Morgan fingerprint density at radius 2 is 1.92 bits per heavy atom. The van der Waals surface area contributed by atoms with Gasteiger partial charge in [0.05, 0.1) is 12.2 Å². The summed E-state index contributed by atoms with van der Waals surface area (Å²) < 4.78 is 14.0. The molecule has 0 aliphatic rings. The molecule has 1 unspecified atom stereocenters. The van der Waals surface area contributed by atoms with Gasteiger partial charge in [0.2, 0.25) is 5.91 Å². The number of nitrogens with one attached hydrogen (secondary N) is 2. The molecule has 0 heterocycles. The number of amides is 2. The van der Waals surface area contributed by atoms with E-state index in [0.717, 1.165) is 13.0 Å². The minimum atomic E-state index is -2.13. The molecule has 1 rings (SSSR count). The molecule has 0 aromatic heterocycles. The van der Waals surface area contributed by atoms with Gasteiger partial charge < -0.3 is 20.8 Å². The maximum absolute atomic E-state index is 14.0. The van der Waals surface area contributed by atoms with Gasteiger partial charge in [0, 0.05) is 12.0 Å². The Morgan fingerprint density at radius 3 is 2.42 bits per heavy atom. The van der Waals surface area contributed by atoms with Gasteiger partial charge in [-0.05, 0) is 31.0 Å². The van der Waals surface area contributed by atoms with Gasteiger partial charge in [-0.25, -0.2) is 9.18 Å². The molecule has 2 amide bonds. The molecule has 1 aromatic rings. The normalized spacial score (nSPS) is 13.2. The van der Waals surface area contributed by atoms with Crippen LogP contribution in [0.4, 0.5) is 10.1 Å². The van der Waals surface area contributed by atoms with Crippen LogP contribution in [0.25, 0.3) is 0 Å². The Hall–Kier alpha value is -2.48. The molecule has 132 valence electrons. The number of benzene rings is 1. The highest BCUT2D eigenvalue weighted by Crippen LogP contribution is 2.17. The summed E-state index contributed by atoms with van der Waals surface area (Å²) in [6.45, 7) is 4.21. The first-order valence-electron chi connectivity index (χ1n) is 7.36. The van der Waals surface area contributed by atoms with E-state index < -0.39 is 29.8 Å². The number of hydrogen-bond acceptors (Lipinski definition) is 4. The Kier molecular flexibility index (Phi) is 6.42. The second kappa shape index (κ2) is 7.87. The van der Waals surface area contributed by atoms with Gasteiger partial charge in [-0.2, -0.15) is 0 Å². The molecular formula is C16H21FN2O5. The summed E-state index contributed by atoms with van der Waals surface area (Å²) in [4.78, 5) is 34.3. The third-order valence-electron chi connectivity index (χ3n) is 3.15. The van der Waals surface area contributed by atoms with Crippen molar-refractivity contribution >= 4 is 23.5 Å². The van der Waals surface area contributed by atoms with Gasteiger partial charge in [0.15, 0.2) is 5.60 Å². The number of halogens is 1. The fourth-order valence-electron chi connectivity index (χ4n) is 1.76. The van der Waals surface area contributed by atoms with Crippen LogP contribution < -0.4 is 10.6 Å². The van der Waals surface area contributed by atoms with Gasteiger partial charge in [0.1, 0.15) is 5.82 Å². The van der Waals surface area contributed by atoms with Crippen LogP contribution in [-0.4, -0.2) is 40.1 Å². The molecule has 0 spiro atoms. The number of aliphatic carboxylic acids is 1. The van der Waals surface area contributed by atoms with E-state index in [1.807, 2.05) is 13.8 Å². The number of carbonyl (C=O) groups is 3. The highest BCUT2D eigenvalue weighted by Gasteiger charge is 2.30. The van der Waals surface area contributed by atoms with Crippen molar-refractivity contribution in [3.05, 3.63) is 29.6 Å². The van der Waals surface area contributed by atoms with Crippen molar-refractivity contribution in [3.8, 4) is 0 Å². The number of rotatable bonds is 7. The number of hydrogen-bond donors (Lipinski definition) is 4. The zero-order valence-electron chi connectivity index (χ0n) is 13.7. The zero-order valence-corrected chi connectivity index (χ0v) is 13.7. The molecule has 0 aliphatic carbocycles. The lowest BCUT2D eigenvalue weighted by Gasteiger charge is -2.18. The van der Waals surface area contributed by atoms with Crippen molar-refractivity contribution in [1.29, 1.82) is 0 Å². The van der Waals surface area contributed by atoms with E-state index in [9.17, 15) is 23.9 Å². The summed E-state index contributed by atoms with van der Waals surface area (Å²) in [6.07, 6.45) is 0.242. The molecule has 7 nitrogen and oxygen atoms in total. The summed E-state index contributed by atoms with van der Waals surface area (Å²) in [5.41, 5.74) is -2.23. The second-order valence-electron chi connectivity index (χ2n) is 6.10. The Morgan fingerprint density at radius 1 is 1.29 bits per heavy atom. The topological polar surface area (TPSA) is 116 Å². The molecule has 0 radical (unpaired) electrons. The first-order chi connectivity index (χ1) is 11.0. The minimum absolute atomic E-state index is 0.0465. The van der Waals surface area contributed by atoms with Gasteiger partial charge >= 0.3 is 5.97 Å². The van der Waals surface area contributed by atoms with E-state index in [-0.39, 0.29) is 29.5 Å². The molecule has 24 heavy (non-hydrogen) atoms. The molecule has 8 heteroatoms. The maximum Gasteiger partial charge on any atom is 0.337 e. The van der Waals surface area contributed by atoms with Gasteiger partial charge in [-0.3, -0.25) is 9.59 Å². The maximum atomic E-state index is 14.0. The smallest absolute Gasteiger partial charge is 0.337 e. The molecule has 0 fully saturated rings. The van der Waals surface area contributed by atoms with Crippen LogP contribution in [0.1, 0.15) is 37.6 Å². The molecule has 4 N–H and O–H groups in total. The number of carbonyl (C=O) groups excluding carboxylic acids is 2. The largest absolute Gasteiger partial charge is 0.479 e. The van der Waals surface area contributed by atoms with Crippen molar-refractivity contribution in [2.24, 2.45) is 5.92 Å². The summed E-state index contributed by atoms with van der Waals surface area (Å²) >= 11 is 0. The first-order valence-corrected chi connectivity index (χ1v) is 7.36. The van der Waals surface area contributed by atoms with Crippen molar-refractivity contribution in [3.63, 3.8) is 0 Å². The van der Waals surface area contributed by atoms with Crippen molar-refractivity contribution in [2.45, 2.75) is 32.8 Å². The van der Waals surface area contributed by atoms with Crippen LogP contribution in [0.2, 0.25) is 0 Å². The van der Waals surface area contributed by atoms with Crippen molar-refractivity contribution in [1.82, 2.24) is 5.32 Å². The predicted molar refractivity (Wildman–Crippen MR) is 85.1 cm³/mol. The summed E-state index contributed by atoms with van der Waals surface area (Å²) in [5.74, 6) is -3.23. The van der Waals surface area contributed by atoms with E-state index in [4.69, 9.17) is 5.11 Å². The fourth-order valence-corrected chi connectivity index (χ4v) is 1.76. The quantitative estimate of drug-likeness (QED) is 0.598. The van der Waals surface area contributed by atoms with Crippen LogP contribution in [0.15, 0.2) is 18.2 Å². The van der Waals surface area contributed by atoms with E-state index >= 15 is 0 Å². The van der Waals surface area contributed by atoms with E-state index in [1.165, 1.54) is 12.1 Å². The second-order valence-corrected chi connectivity index (χ2v) is 6.10. The van der Waals surface area contributed by atoms with Gasteiger partial charge in [0.25, 0.3) is 5.91 Å². The lowest BCUT2D eigenvalue weighted by atomic mass is 10.1. The third kappa shape index (κ3) is 5.62. The highest BCUT2D eigenvalue weighted by molar-refractivity contribution is 5.96. The van der Waals surface area contributed by atoms with E-state index in [0.29, 0.717) is 0 Å².